The zero-order chi connectivity index (χ0) is 14.7. The van der Waals surface area contributed by atoms with Gasteiger partial charge in [0.25, 0.3) is 0 Å². The first-order valence-electron chi connectivity index (χ1n) is 7.63. The van der Waals surface area contributed by atoms with Crippen molar-refractivity contribution in [1.29, 1.82) is 0 Å². The molecule has 2 aromatic rings. The van der Waals surface area contributed by atoms with Crippen LogP contribution < -0.4 is 5.32 Å². The predicted molar refractivity (Wildman–Crippen MR) is 87.4 cm³/mol. The Bertz CT molecular complexity index is 592. The van der Waals surface area contributed by atoms with Gasteiger partial charge in [-0.3, -0.25) is 0 Å². The summed E-state index contributed by atoms with van der Waals surface area (Å²) < 4.78 is 6.20. The van der Waals surface area contributed by atoms with E-state index in [1.807, 2.05) is 6.07 Å². The molecule has 4 nitrogen and oxygen atoms in total. The Kier molecular flexibility index (Phi) is 4.58. The number of aromatic nitrogens is 2. The number of hydrogen-bond donors (Lipinski definition) is 1. The highest BCUT2D eigenvalue weighted by Crippen LogP contribution is 2.39. The second-order valence-corrected chi connectivity index (χ2v) is 6.31. The van der Waals surface area contributed by atoms with Crippen molar-refractivity contribution in [2.45, 2.75) is 44.9 Å². The van der Waals surface area contributed by atoms with Gasteiger partial charge in [-0.1, -0.05) is 19.8 Å². The van der Waals surface area contributed by atoms with E-state index in [4.69, 9.17) is 9.40 Å². The molecule has 3 rings (SSSR count). The van der Waals surface area contributed by atoms with Crippen LogP contribution in [0.25, 0.3) is 11.4 Å². The van der Waals surface area contributed by atoms with Gasteiger partial charge in [-0.2, -0.15) is 0 Å². The van der Waals surface area contributed by atoms with Crippen LogP contribution in [0.15, 0.2) is 27.5 Å². The van der Waals surface area contributed by atoms with Crippen LogP contribution >= 0.6 is 15.9 Å². The molecule has 2 heterocycles. The van der Waals surface area contributed by atoms with Gasteiger partial charge in [0.1, 0.15) is 12.1 Å². The molecule has 1 N–H and O–H groups in total. The molecule has 0 aliphatic heterocycles. The maximum Gasteiger partial charge on any atom is 0.165 e. The average Bonchev–Trinajstić information content (AvgIpc) is 3.19. The van der Waals surface area contributed by atoms with Gasteiger partial charge in [-0.15, -0.1) is 0 Å². The lowest BCUT2D eigenvalue weighted by Gasteiger charge is -2.16. The predicted octanol–water partition coefficient (Wildman–Crippen LogP) is 4.98. The average molecular weight is 350 g/mol. The lowest BCUT2D eigenvalue weighted by Crippen LogP contribution is -2.09. The highest BCUT2D eigenvalue weighted by molar-refractivity contribution is 9.10. The van der Waals surface area contributed by atoms with E-state index in [0.717, 1.165) is 40.3 Å². The summed E-state index contributed by atoms with van der Waals surface area (Å²) in [4.78, 5) is 9.46. The van der Waals surface area contributed by atoms with E-state index in [1.54, 1.807) is 12.5 Å². The fourth-order valence-corrected chi connectivity index (χ4v) is 3.46. The second kappa shape index (κ2) is 6.60. The minimum absolute atomic E-state index is 0.537. The topological polar surface area (TPSA) is 51.0 Å². The fraction of sp³-hybridized carbons (Fsp3) is 0.500. The summed E-state index contributed by atoms with van der Waals surface area (Å²) in [6, 6.07) is 1.91. The van der Waals surface area contributed by atoms with Crippen LogP contribution in [0.3, 0.4) is 0 Å². The summed E-state index contributed by atoms with van der Waals surface area (Å²) >= 11 is 3.71. The maximum atomic E-state index is 5.17. The van der Waals surface area contributed by atoms with Crippen molar-refractivity contribution in [3.63, 3.8) is 0 Å². The van der Waals surface area contributed by atoms with Crippen molar-refractivity contribution in [2.75, 3.05) is 11.9 Å². The molecule has 0 bridgehead atoms. The number of anilines is 1. The van der Waals surface area contributed by atoms with Crippen LogP contribution in [0.1, 0.15) is 50.6 Å². The Morgan fingerprint density at radius 2 is 2.14 bits per heavy atom. The molecule has 0 radical (unpaired) electrons. The Balaban J connectivity index is 2.02. The zero-order valence-electron chi connectivity index (χ0n) is 12.2. The SMILES string of the molecule is CCCNc1nc(-c2ccoc2)nc(C2CCCC2)c1Br. The van der Waals surface area contributed by atoms with Crippen LogP contribution in [0.5, 0.6) is 0 Å². The van der Waals surface area contributed by atoms with Gasteiger partial charge in [0, 0.05) is 12.5 Å². The Morgan fingerprint density at radius 1 is 1.33 bits per heavy atom. The molecule has 1 fully saturated rings. The molecule has 5 heteroatoms. The molecule has 0 amide bonds. The molecule has 1 aliphatic rings. The molecule has 2 aromatic heterocycles. The van der Waals surface area contributed by atoms with E-state index < -0.39 is 0 Å². The number of rotatable bonds is 5. The highest BCUT2D eigenvalue weighted by atomic mass is 79.9. The first-order chi connectivity index (χ1) is 10.3. The van der Waals surface area contributed by atoms with Crippen molar-refractivity contribution in [3.8, 4) is 11.4 Å². The number of nitrogens with zero attached hydrogens (tertiary/aromatic N) is 2. The molecule has 0 aromatic carbocycles. The van der Waals surface area contributed by atoms with Crippen molar-refractivity contribution < 1.29 is 4.42 Å². The normalized spacial score (nSPS) is 15.5. The Morgan fingerprint density at radius 3 is 2.81 bits per heavy atom. The van der Waals surface area contributed by atoms with E-state index in [2.05, 4.69) is 33.2 Å². The van der Waals surface area contributed by atoms with Gasteiger partial charge >= 0.3 is 0 Å². The quantitative estimate of drug-likeness (QED) is 0.826. The Hall–Kier alpha value is -1.36. The summed E-state index contributed by atoms with van der Waals surface area (Å²) in [6.45, 7) is 3.06. The van der Waals surface area contributed by atoms with Crippen molar-refractivity contribution in [2.24, 2.45) is 0 Å². The van der Waals surface area contributed by atoms with Gasteiger partial charge in [-0.05, 0) is 41.3 Å². The third-order valence-corrected chi connectivity index (χ3v) is 4.72. The molecular formula is C16H20BrN3O. The van der Waals surface area contributed by atoms with Crippen LogP contribution in [0.2, 0.25) is 0 Å². The zero-order valence-corrected chi connectivity index (χ0v) is 13.8. The summed E-state index contributed by atoms with van der Waals surface area (Å²) in [5.74, 6) is 2.17. The molecule has 1 aliphatic carbocycles. The number of halogens is 1. The standard InChI is InChI=1S/C16H20BrN3O/c1-2-8-18-16-13(17)14(11-5-3-4-6-11)19-15(20-16)12-7-9-21-10-12/h7,9-11H,2-6,8H2,1H3,(H,18,19,20). The molecule has 112 valence electrons. The fourth-order valence-electron chi connectivity index (χ4n) is 2.82. The van der Waals surface area contributed by atoms with Crippen LogP contribution in [0.4, 0.5) is 5.82 Å². The molecule has 0 saturated heterocycles. The maximum absolute atomic E-state index is 5.17. The van der Waals surface area contributed by atoms with Crippen molar-refractivity contribution in [1.82, 2.24) is 9.97 Å². The third-order valence-electron chi connectivity index (χ3n) is 3.94. The summed E-state index contributed by atoms with van der Waals surface area (Å²) in [6.07, 6.45) is 9.44. The van der Waals surface area contributed by atoms with Gasteiger partial charge in [0.15, 0.2) is 5.82 Å². The van der Waals surface area contributed by atoms with Gasteiger partial charge < -0.3 is 9.73 Å². The molecule has 0 atom stereocenters. The van der Waals surface area contributed by atoms with E-state index in [1.165, 1.54) is 25.7 Å². The highest BCUT2D eigenvalue weighted by Gasteiger charge is 2.24. The van der Waals surface area contributed by atoms with Crippen LogP contribution in [0, 0.1) is 0 Å². The van der Waals surface area contributed by atoms with Crippen LogP contribution in [-0.2, 0) is 0 Å². The van der Waals surface area contributed by atoms with Crippen LogP contribution in [-0.4, -0.2) is 16.5 Å². The summed E-state index contributed by atoms with van der Waals surface area (Å²) in [5, 5.41) is 3.40. The molecule has 1 saturated carbocycles. The van der Waals surface area contributed by atoms with Gasteiger partial charge in [0.05, 0.1) is 22.0 Å². The first-order valence-corrected chi connectivity index (χ1v) is 8.42. The van der Waals surface area contributed by atoms with Gasteiger partial charge in [-0.25, -0.2) is 9.97 Å². The third kappa shape index (κ3) is 3.12. The van der Waals surface area contributed by atoms with E-state index in [-0.39, 0.29) is 0 Å². The Labute approximate surface area is 133 Å². The first kappa shape index (κ1) is 14.6. The lowest BCUT2D eigenvalue weighted by molar-refractivity contribution is 0.568. The smallest absolute Gasteiger partial charge is 0.165 e. The van der Waals surface area contributed by atoms with Gasteiger partial charge in [0.2, 0.25) is 0 Å². The molecule has 0 spiro atoms. The summed E-state index contributed by atoms with van der Waals surface area (Å²) in [7, 11) is 0. The van der Waals surface area contributed by atoms with E-state index in [0.29, 0.717) is 5.92 Å². The largest absolute Gasteiger partial charge is 0.472 e. The summed E-state index contributed by atoms with van der Waals surface area (Å²) in [5.41, 5.74) is 2.07. The second-order valence-electron chi connectivity index (χ2n) is 5.52. The van der Waals surface area contributed by atoms with Crippen molar-refractivity contribution >= 4 is 21.7 Å². The number of hydrogen-bond acceptors (Lipinski definition) is 4. The van der Waals surface area contributed by atoms with Crippen molar-refractivity contribution in [3.05, 3.63) is 28.8 Å². The number of nitrogens with one attached hydrogen (secondary N) is 1. The molecular weight excluding hydrogens is 330 g/mol. The monoisotopic (exact) mass is 349 g/mol. The number of furan rings is 1. The minimum Gasteiger partial charge on any atom is -0.472 e. The van der Waals surface area contributed by atoms with E-state index >= 15 is 0 Å². The molecule has 0 unspecified atom stereocenters. The molecule has 21 heavy (non-hydrogen) atoms. The lowest BCUT2D eigenvalue weighted by atomic mass is 10.0. The minimum atomic E-state index is 0.537. The van der Waals surface area contributed by atoms with E-state index in [9.17, 15) is 0 Å².